The van der Waals surface area contributed by atoms with Crippen molar-refractivity contribution in [1.29, 1.82) is 5.26 Å². The van der Waals surface area contributed by atoms with E-state index in [1.165, 1.54) is 0 Å². The van der Waals surface area contributed by atoms with Crippen LogP contribution in [0.2, 0.25) is 0 Å². The molecule has 1 aromatic rings. The zero-order chi connectivity index (χ0) is 11.4. The van der Waals surface area contributed by atoms with Gasteiger partial charge in [0, 0.05) is 19.0 Å². The van der Waals surface area contributed by atoms with Gasteiger partial charge in [0.1, 0.15) is 6.07 Å². The SMILES string of the molecule is CC(C)N(C)c1ccc(CCl)cc1C#N. The van der Waals surface area contributed by atoms with Crippen LogP contribution < -0.4 is 4.90 Å². The number of halogens is 1. The molecule has 0 bridgehead atoms. The van der Waals surface area contributed by atoms with Gasteiger partial charge < -0.3 is 4.90 Å². The molecule has 0 radical (unpaired) electrons. The lowest BCUT2D eigenvalue weighted by molar-refractivity contribution is 0.753. The molecule has 0 saturated heterocycles. The molecule has 0 unspecified atom stereocenters. The van der Waals surface area contributed by atoms with Gasteiger partial charge in [-0.2, -0.15) is 5.26 Å². The van der Waals surface area contributed by atoms with Crippen molar-refractivity contribution in [3.63, 3.8) is 0 Å². The van der Waals surface area contributed by atoms with Gasteiger partial charge in [0.15, 0.2) is 0 Å². The maximum Gasteiger partial charge on any atom is 0.101 e. The van der Waals surface area contributed by atoms with Crippen LogP contribution in [0.5, 0.6) is 0 Å². The van der Waals surface area contributed by atoms with Gasteiger partial charge in [-0.3, -0.25) is 0 Å². The first-order valence-electron chi connectivity index (χ1n) is 4.92. The third kappa shape index (κ3) is 2.64. The smallest absolute Gasteiger partial charge is 0.101 e. The average molecular weight is 223 g/mol. The Labute approximate surface area is 96.1 Å². The predicted molar refractivity (Wildman–Crippen MR) is 64.3 cm³/mol. The molecule has 0 aliphatic carbocycles. The van der Waals surface area contributed by atoms with E-state index in [1.807, 2.05) is 25.2 Å². The van der Waals surface area contributed by atoms with Crippen LogP contribution in [0.25, 0.3) is 0 Å². The van der Waals surface area contributed by atoms with Crippen LogP contribution in [0.15, 0.2) is 18.2 Å². The van der Waals surface area contributed by atoms with Crippen LogP contribution in [0.3, 0.4) is 0 Å². The summed E-state index contributed by atoms with van der Waals surface area (Å²) in [6.45, 7) is 4.19. The number of hydrogen-bond acceptors (Lipinski definition) is 2. The molecule has 3 heteroatoms. The van der Waals surface area contributed by atoms with E-state index in [0.29, 0.717) is 17.5 Å². The molecule has 0 fully saturated rings. The standard InChI is InChI=1S/C12H15ClN2/c1-9(2)15(3)12-5-4-10(7-13)6-11(12)8-14/h4-6,9H,7H2,1-3H3. The third-order valence-corrected chi connectivity index (χ3v) is 2.80. The molecule has 0 aliphatic heterocycles. The Hall–Kier alpha value is -1.20. The van der Waals surface area contributed by atoms with E-state index in [2.05, 4.69) is 24.8 Å². The number of nitrogens with zero attached hydrogens (tertiary/aromatic N) is 2. The van der Waals surface area contributed by atoms with Crippen LogP contribution in [-0.4, -0.2) is 13.1 Å². The molecular weight excluding hydrogens is 208 g/mol. The Morgan fingerprint density at radius 2 is 2.13 bits per heavy atom. The summed E-state index contributed by atoms with van der Waals surface area (Å²) in [7, 11) is 1.99. The van der Waals surface area contributed by atoms with Crippen molar-refractivity contribution < 1.29 is 0 Å². The van der Waals surface area contributed by atoms with Gasteiger partial charge in [-0.15, -0.1) is 11.6 Å². The highest BCUT2D eigenvalue weighted by atomic mass is 35.5. The number of hydrogen-bond donors (Lipinski definition) is 0. The minimum atomic E-state index is 0.374. The molecule has 0 aromatic heterocycles. The van der Waals surface area contributed by atoms with Gasteiger partial charge in [0.2, 0.25) is 0 Å². The maximum atomic E-state index is 9.05. The van der Waals surface area contributed by atoms with Gasteiger partial charge >= 0.3 is 0 Å². The number of alkyl halides is 1. The number of anilines is 1. The summed E-state index contributed by atoms with van der Waals surface area (Å²) in [6, 6.07) is 8.34. The van der Waals surface area contributed by atoms with E-state index in [4.69, 9.17) is 16.9 Å². The van der Waals surface area contributed by atoms with Gasteiger partial charge in [0.25, 0.3) is 0 Å². The second-order valence-electron chi connectivity index (χ2n) is 3.80. The van der Waals surface area contributed by atoms with Crippen LogP contribution >= 0.6 is 11.6 Å². The highest BCUT2D eigenvalue weighted by Crippen LogP contribution is 2.22. The van der Waals surface area contributed by atoms with Gasteiger partial charge in [-0.05, 0) is 31.5 Å². The second kappa shape index (κ2) is 5.04. The van der Waals surface area contributed by atoms with Gasteiger partial charge in [-0.1, -0.05) is 6.07 Å². The van der Waals surface area contributed by atoms with Crippen molar-refractivity contribution in [3.05, 3.63) is 29.3 Å². The minimum Gasteiger partial charge on any atom is -0.371 e. The van der Waals surface area contributed by atoms with E-state index in [-0.39, 0.29) is 0 Å². The topological polar surface area (TPSA) is 27.0 Å². The highest BCUT2D eigenvalue weighted by Gasteiger charge is 2.10. The van der Waals surface area contributed by atoms with E-state index < -0.39 is 0 Å². The van der Waals surface area contributed by atoms with Crippen molar-refractivity contribution in [2.24, 2.45) is 0 Å². The van der Waals surface area contributed by atoms with Crippen LogP contribution in [0, 0.1) is 11.3 Å². The Balaban J connectivity index is 3.14. The maximum absolute atomic E-state index is 9.05. The number of nitriles is 1. The third-order valence-electron chi connectivity index (χ3n) is 2.49. The summed E-state index contributed by atoms with van der Waals surface area (Å²) in [5.74, 6) is 0.445. The Morgan fingerprint density at radius 3 is 2.60 bits per heavy atom. The fourth-order valence-electron chi connectivity index (χ4n) is 1.34. The summed E-state index contributed by atoms with van der Waals surface area (Å²) >= 11 is 5.73. The quantitative estimate of drug-likeness (QED) is 0.735. The zero-order valence-electron chi connectivity index (χ0n) is 9.29. The monoisotopic (exact) mass is 222 g/mol. The van der Waals surface area contributed by atoms with E-state index >= 15 is 0 Å². The Kier molecular flexibility index (Phi) is 3.99. The lowest BCUT2D eigenvalue weighted by atomic mass is 10.1. The molecule has 1 aromatic carbocycles. The highest BCUT2D eigenvalue weighted by molar-refractivity contribution is 6.17. The fourth-order valence-corrected chi connectivity index (χ4v) is 1.51. The van der Waals surface area contributed by atoms with Crippen LogP contribution in [0.1, 0.15) is 25.0 Å². The predicted octanol–water partition coefficient (Wildman–Crippen LogP) is 3.14. The summed E-state index contributed by atoms with van der Waals surface area (Å²) in [5, 5.41) is 9.05. The average Bonchev–Trinajstić information content (AvgIpc) is 2.27. The molecule has 1 rings (SSSR count). The molecule has 0 saturated carbocycles. The first-order chi connectivity index (χ1) is 7.10. The lowest BCUT2D eigenvalue weighted by Crippen LogP contribution is -2.26. The molecule has 0 N–H and O–H groups in total. The minimum absolute atomic E-state index is 0.374. The van der Waals surface area contributed by atoms with E-state index in [0.717, 1.165) is 11.3 Å². The molecule has 0 amide bonds. The largest absolute Gasteiger partial charge is 0.371 e. The molecule has 0 spiro atoms. The molecule has 0 heterocycles. The number of rotatable bonds is 3. The van der Waals surface area contributed by atoms with E-state index in [1.54, 1.807) is 0 Å². The van der Waals surface area contributed by atoms with Crippen LogP contribution in [0.4, 0.5) is 5.69 Å². The van der Waals surface area contributed by atoms with Crippen LogP contribution in [-0.2, 0) is 5.88 Å². The lowest BCUT2D eigenvalue weighted by Gasteiger charge is -2.24. The summed E-state index contributed by atoms with van der Waals surface area (Å²) in [5.41, 5.74) is 2.62. The fraction of sp³-hybridized carbons (Fsp3) is 0.417. The molecule has 0 aliphatic rings. The molecule has 0 atom stereocenters. The van der Waals surface area contributed by atoms with Crippen molar-refractivity contribution in [2.45, 2.75) is 25.8 Å². The zero-order valence-corrected chi connectivity index (χ0v) is 10.0. The normalized spacial score (nSPS) is 10.1. The first kappa shape index (κ1) is 11.9. The molecule has 80 valence electrons. The Bertz CT molecular complexity index is 380. The first-order valence-corrected chi connectivity index (χ1v) is 5.45. The second-order valence-corrected chi connectivity index (χ2v) is 4.07. The van der Waals surface area contributed by atoms with E-state index in [9.17, 15) is 0 Å². The summed E-state index contributed by atoms with van der Waals surface area (Å²) in [6.07, 6.45) is 0. The summed E-state index contributed by atoms with van der Waals surface area (Å²) in [4.78, 5) is 2.08. The van der Waals surface area contributed by atoms with Crippen molar-refractivity contribution in [1.82, 2.24) is 0 Å². The molecular formula is C12H15ClN2. The molecule has 15 heavy (non-hydrogen) atoms. The number of benzene rings is 1. The Morgan fingerprint density at radius 1 is 1.47 bits per heavy atom. The van der Waals surface area contributed by atoms with Gasteiger partial charge in [-0.25, -0.2) is 0 Å². The summed E-state index contributed by atoms with van der Waals surface area (Å²) < 4.78 is 0. The van der Waals surface area contributed by atoms with Crippen molar-refractivity contribution >= 4 is 17.3 Å². The molecule has 2 nitrogen and oxygen atoms in total. The van der Waals surface area contributed by atoms with Gasteiger partial charge in [0.05, 0.1) is 11.3 Å². The van der Waals surface area contributed by atoms with Crippen molar-refractivity contribution in [2.75, 3.05) is 11.9 Å². The van der Waals surface area contributed by atoms with Crippen molar-refractivity contribution in [3.8, 4) is 6.07 Å².